The maximum Gasteiger partial charge on any atom is 0.252 e. The molecule has 0 aliphatic carbocycles. The number of aromatic nitrogens is 1. The van der Waals surface area contributed by atoms with Crippen molar-refractivity contribution in [2.45, 2.75) is 39.8 Å². The van der Waals surface area contributed by atoms with Crippen LogP contribution in [-0.2, 0) is 6.54 Å². The summed E-state index contributed by atoms with van der Waals surface area (Å²) in [5.41, 5.74) is 2.51. The van der Waals surface area contributed by atoms with Crippen molar-refractivity contribution < 1.29 is 4.74 Å². The zero-order chi connectivity index (χ0) is 15.9. The van der Waals surface area contributed by atoms with Crippen LogP contribution in [0.3, 0.4) is 0 Å². The molecule has 0 radical (unpaired) electrons. The van der Waals surface area contributed by atoms with E-state index in [-0.39, 0.29) is 5.56 Å². The Morgan fingerprint density at radius 3 is 2.45 bits per heavy atom. The molecule has 4 heteroatoms. The van der Waals surface area contributed by atoms with Crippen LogP contribution >= 0.6 is 0 Å². The molecular formula is C18H24N2O2. The van der Waals surface area contributed by atoms with Gasteiger partial charge in [0.15, 0.2) is 0 Å². The summed E-state index contributed by atoms with van der Waals surface area (Å²) in [6.45, 7) is 7.43. The molecule has 0 bridgehead atoms. The van der Waals surface area contributed by atoms with Crippen molar-refractivity contribution in [2.75, 3.05) is 6.61 Å². The number of hydrogen-bond acceptors (Lipinski definition) is 3. The molecule has 1 aromatic heterocycles. The van der Waals surface area contributed by atoms with E-state index in [1.54, 1.807) is 0 Å². The van der Waals surface area contributed by atoms with Crippen molar-refractivity contribution in [1.29, 1.82) is 0 Å². The molecule has 0 saturated heterocycles. The summed E-state index contributed by atoms with van der Waals surface area (Å²) >= 11 is 0. The molecule has 2 N–H and O–H groups in total. The van der Waals surface area contributed by atoms with Gasteiger partial charge in [-0.15, -0.1) is 0 Å². The first-order valence-electron chi connectivity index (χ1n) is 7.82. The van der Waals surface area contributed by atoms with Crippen LogP contribution in [0.2, 0.25) is 0 Å². The average Bonchev–Trinajstić information content (AvgIpc) is 2.54. The predicted molar refractivity (Wildman–Crippen MR) is 90.3 cm³/mol. The van der Waals surface area contributed by atoms with E-state index >= 15 is 0 Å². The maximum absolute atomic E-state index is 12.2. The molecule has 0 spiro atoms. The molecule has 1 aromatic carbocycles. The lowest BCUT2D eigenvalue weighted by Crippen LogP contribution is -2.28. The molecule has 1 unspecified atom stereocenters. The fraction of sp³-hybridized carbons (Fsp3) is 0.389. The summed E-state index contributed by atoms with van der Waals surface area (Å²) in [6.07, 6.45) is 1.04. The summed E-state index contributed by atoms with van der Waals surface area (Å²) in [7, 11) is 0. The highest BCUT2D eigenvalue weighted by Gasteiger charge is 2.05. The Labute approximate surface area is 131 Å². The Hall–Kier alpha value is -2.07. The van der Waals surface area contributed by atoms with Crippen molar-refractivity contribution in [3.8, 4) is 17.0 Å². The quantitative estimate of drug-likeness (QED) is 0.824. The van der Waals surface area contributed by atoms with E-state index in [0.717, 1.165) is 29.0 Å². The SMILES string of the molecule is CCOc1ccc(-c2ccc(CNC(C)CC)c(=O)[nH]2)cc1. The number of aromatic amines is 1. The minimum atomic E-state index is -0.0396. The molecule has 1 heterocycles. The summed E-state index contributed by atoms with van der Waals surface area (Å²) in [5, 5.41) is 3.33. The number of hydrogen-bond donors (Lipinski definition) is 2. The van der Waals surface area contributed by atoms with Crippen LogP contribution < -0.4 is 15.6 Å². The molecule has 22 heavy (non-hydrogen) atoms. The van der Waals surface area contributed by atoms with E-state index in [9.17, 15) is 4.79 Å². The molecule has 0 aliphatic rings. The van der Waals surface area contributed by atoms with E-state index in [2.05, 4.69) is 24.1 Å². The van der Waals surface area contributed by atoms with E-state index in [1.807, 2.05) is 43.3 Å². The summed E-state index contributed by atoms with van der Waals surface area (Å²) in [4.78, 5) is 15.1. The zero-order valence-corrected chi connectivity index (χ0v) is 13.5. The van der Waals surface area contributed by atoms with E-state index in [1.165, 1.54) is 0 Å². The number of benzene rings is 1. The third-order valence-electron chi connectivity index (χ3n) is 3.72. The van der Waals surface area contributed by atoms with Gasteiger partial charge in [-0.3, -0.25) is 4.79 Å². The topological polar surface area (TPSA) is 54.1 Å². The number of nitrogens with one attached hydrogen (secondary N) is 2. The molecule has 0 saturated carbocycles. The lowest BCUT2D eigenvalue weighted by Gasteiger charge is -2.11. The Kier molecular flexibility index (Phi) is 5.78. The van der Waals surface area contributed by atoms with E-state index in [0.29, 0.717) is 19.2 Å². The monoisotopic (exact) mass is 300 g/mol. The predicted octanol–water partition coefficient (Wildman–Crippen LogP) is 3.33. The first kappa shape index (κ1) is 16.3. The van der Waals surface area contributed by atoms with Gasteiger partial charge in [-0.1, -0.05) is 13.0 Å². The fourth-order valence-corrected chi connectivity index (χ4v) is 2.14. The van der Waals surface area contributed by atoms with Crippen molar-refractivity contribution in [3.05, 3.63) is 52.3 Å². The van der Waals surface area contributed by atoms with Crippen molar-refractivity contribution >= 4 is 0 Å². The molecule has 1 atom stereocenters. The molecule has 118 valence electrons. The largest absolute Gasteiger partial charge is 0.494 e. The molecule has 0 fully saturated rings. The Morgan fingerprint density at radius 1 is 1.14 bits per heavy atom. The van der Waals surface area contributed by atoms with Gasteiger partial charge in [-0.25, -0.2) is 0 Å². The van der Waals surface area contributed by atoms with Crippen molar-refractivity contribution in [3.63, 3.8) is 0 Å². The van der Waals surface area contributed by atoms with Crippen LogP contribution in [0.15, 0.2) is 41.2 Å². The maximum atomic E-state index is 12.2. The van der Waals surface area contributed by atoms with Gasteiger partial charge in [0.1, 0.15) is 5.75 Å². The number of pyridine rings is 1. The summed E-state index contributed by atoms with van der Waals surface area (Å²) < 4.78 is 5.42. The molecule has 2 aromatic rings. The van der Waals surface area contributed by atoms with Gasteiger partial charge in [-0.2, -0.15) is 0 Å². The van der Waals surface area contributed by atoms with Gasteiger partial charge in [0.25, 0.3) is 5.56 Å². The molecule has 0 amide bonds. The van der Waals surface area contributed by atoms with Gasteiger partial charge in [0, 0.05) is 23.8 Å². The second-order valence-corrected chi connectivity index (χ2v) is 5.37. The van der Waals surface area contributed by atoms with Gasteiger partial charge >= 0.3 is 0 Å². The second kappa shape index (κ2) is 7.80. The molecule has 2 rings (SSSR count). The number of ether oxygens (including phenoxy) is 1. The van der Waals surface area contributed by atoms with E-state index < -0.39 is 0 Å². The van der Waals surface area contributed by atoms with Gasteiger partial charge < -0.3 is 15.0 Å². The minimum Gasteiger partial charge on any atom is -0.494 e. The lowest BCUT2D eigenvalue weighted by molar-refractivity contribution is 0.340. The third kappa shape index (κ3) is 4.21. The van der Waals surface area contributed by atoms with Crippen LogP contribution in [0.5, 0.6) is 5.75 Å². The molecule has 4 nitrogen and oxygen atoms in total. The number of H-pyrrole nitrogens is 1. The smallest absolute Gasteiger partial charge is 0.252 e. The van der Waals surface area contributed by atoms with Crippen LogP contribution in [0, 0.1) is 0 Å². The minimum absolute atomic E-state index is 0.0396. The molecular weight excluding hydrogens is 276 g/mol. The Balaban J connectivity index is 2.13. The third-order valence-corrected chi connectivity index (χ3v) is 3.72. The van der Waals surface area contributed by atoms with Crippen molar-refractivity contribution in [2.24, 2.45) is 0 Å². The van der Waals surface area contributed by atoms with Crippen molar-refractivity contribution in [1.82, 2.24) is 10.3 Å². The van der Waals surface area contributed by atoms with E-state index in [4.69, 9.17) is 4.74 Å². The van der Waals surface area contributed by atoms with Gasteiger partial charge in [-0.05, 0) is 56.2 Å². The first-order chi connectivity index (χ1) is 10.6. The average molecular weight is 300 g/mol. The first-order valence-corrected chi connectivity index (χ1v) is 7.82. The summed E-state index contributed by atoms with van der Waals surface area (Å²) in [6, 6.07) is 12.0. The Morgan fingerprint density at radius 2 is 1.86 bits per heavy atom. The highest BCUT2D eigenvalue weighted by atomic mass is 16.5. The highest BCUT2D eigenvalue weighted by molar-refractivity contribution is 5.60. The molecule has 0 aliphatic heterocycles. The normalized spacial score (nSPS) is 12.1. The number of rotatable bonds is 7. The Bertz CT molecular complexity index is 647. The fourth-order valence-electron chi connectivity index (χ4n) is 2.14. The second-order valence-electron chi connectivity index (χ2n) is 5.37. The lowest BCUT2D eigenvalue weighted by atomic mass is 10.1. The summed E-state index contributed by atoms with van der Waals surface area (Å²) in [5.74, 6) is 0.836. The zero-order valence-electron chi connectivity index (χ0n) is 13.5. The van der Waals surface area contributed by atoms with Crippen LogP contribution in [0.25, 0.3) is 11.3 Å². The standard InChI is InChI=1S/C18H24N2O2/c1-4-13(3)19-12-15-8-11-17(20-18(15)21)14-6-9-16(10-7-14)22-5-2/h6-11,13,19H,4-5,12H2,1-3H3,(H,20,21). The van der Waals surface area contributed by atoms with Crippen LogP contribution in [0.1, 0.15) is 32.8 Å². The van der Waals surface area contributed by atoms with Crippen LogP contribution in [0.4, 0.5) is 0 Å². The van der Waals surface area contributed by atoms with Gasteiger partial charge in [0.05, 0.1) is 6.61 Å². The van der Waals surface area contributed by atoms with Gasteiger partial charge in [0.2, 0.25) is 0 Å². The highest BCUT2D eigenvalue weighted by Crippen LogP contribution is 2.20. The van der Waals surface area contributed by atoms with Crippen LogP contribution in [-0.4, -0.2) is 17.6 Å².